The topological polar surface area (TPSA) is 170 Å². The van der Waals surface area contributed by atoms with Crippen molar-refractivity contribution < 1.29 is 58.4 Å². The van der Waals surface area contributed by atoms with Gasteiger partial charge < -0.3 is 48.8 Å². The minimum atomic E-state index is -1.55. The molecule has 2 aromatic rings. The van der Waals surface area contributed by atoms with Crippen molar-refractivity contribution in [3.63, 3.8) is 0 Å². The van der Waals surface area contributed by atoms with E-state index in [0.717, 1.165) is 0 Å². The lowest BCUT2D eigenvalue weighted by Gasteiger charge is -2.47. The molecule has 0 amide bonds. The van der Waals surface area contributed by atoms with Crippen molar-refractivity contribution in [2.75, 3.05) is 28.4 Å². The van der Waals surface area contributed by atoms with E-state index in [2.05, 4.69) is 0 Å². The Morgan fingerprint density at radius 3 is 2.20 bits per heavy atom. The fourth-order valence-electron chi connectivity index (χ4n) is 6.33. The van der Waals surface area contributed by atoms with Crippen LogP contribution in [0, 0.1) is 0 Å². The Kier molecular flexibility index (Phi) is 7.62. The van der Waals surface area contributed by atoms with Crippen molar-refractivity contribution in [3.05, 3.63) is 51.6 Å². The van der Waals surface area contributed by atoms with Crippen LogP contribution in [0.4, 0.5) is 0 Å². The molecule has 1 aliphatic heterocycles. The molecule has 2 aromatic carbocycles. The zero-order valence-electron chi connectivity index (χ0n) is 23.5. The highest BCUT2D eigenvalue weighted by Crippen LogP contribution is 2.49. The van der Waals surface area contributed by atoms with Crippen LogP contribution in [0.2, 0.25) is 0 Å². The number of carbonyl (C=O) groups is 2. The van der Waals surface area contributed by atoms with E-state index in [4.69, 9.17) is 28.4 Å². The SMILES string of the molecule is COc1cc(O)c2c(c1)C(=O)c1cc3c(c(O)c1C2=O)C(O[C@@H]1O[C@@H](C)[C@H](OC)[C@@H](O)[C@H]1OC)C(OC)C(C)(O)C3. The Bertz CT molecular complexity index is 1380. The lowest BCUT2D eigenvalue weighted by molar-refractivity contribution is -0.325. The van der Waals surface area contributed by atoms with E-state index in [1.807, 2.05) is 0 Å². The molecule has 0 radical (unpaired) electrons. The molecule has 12 heteroatoms. The summed E-state index contributed by atoms with van der Waals surface area (Å²) in [6, 6.07) is 4.00. The van der Waals surface area contributed by atoms with Crippen LogP contribution in [0.25, 0.3) is 0 Å². The van der Waals surface area contributed by atoms with Crippen LogP contribution < -0.4 is 4.74 Å². The number of hydrogen-bond acceptors (Lipinski definition) is 12. The molecule has 0 bridgehead atoms. The molecule has 1 heterocycles. The smallest absolute Gasteiger partial charge is 0.201 e. The second kappa shape index (κ2) is 10.6. The van der Waals surface area contributed by atoms with Gasteiger partial charge in [0.25, 0.3) is 0 Å². The van der Waals surface area contributed by atoms with Crippen LogP contribution >= 0.6 is 0 Å². The van der Waals surface area contributed by atoms with Crippen LogP contribution in [0.5, 0.6) is 17.2 Å². The second-order valence-electron chi connectivity index (χ2n) is 10.8. The first-order valence-corrected chi connectivity index (χ1v) is 13.1. The van der Waals surface area contributed by atoms with Gasteiger partial charge in [-0.25, -0.2) is 0 Å². The molecule has 3 unspecified atom stereocenters. The number of hydrogen-bond donors (Lipinski definition) is 4. The van der Waals surface area contributed by atoms with Gasteiger partial charge in [-0.05, 0) is 31.5 Å². The molecule has 0 saturated carbocycles. The Hall–Kier alpha value is -3.10. The van der Waals surface area contributed by atoms with E-state index < -0.39 is 71.6 Å². The van der Waals surface area contributed by atoms with Gasteiger partial charge in [0.2, 0.25) is 5.78 Å². The molecule has 1 saturated heterocycles. The third kappa shape index (κ3) is 4.50. The van der Waals surface area contributed by atoms with Crippen molar-refractivity contribution in [1.82, 2.24) is 0 Å². The fourth-order valence-corrected chi connectivity index (χ4v) is 6.33. The molecule has 8 atom stereocenters. The maximum absolute atomic E-state index is 13.7. The fraction of sp³-hybridized carbons (Fsp3) is 0.517. The average Bonchev–Trinajstić information content (AvgIpc) is 2.90. The summed E-state index contributed by atoms with van der Waals surface area (Å²) >= 11 is 0. The monoisotopic (exact) mass is 574 g/mol. The van der Waals surface area contributed by atoms with Gasteiger partial charge in [-0.1, -0.05) is 0 Å². The summed E-state index contributed by atoms with van der Waals surface area (Å²) in [6.45, 7) is 3.21. The number of ketones is 2. The van der Waals surface area contributed by atoms with Crippen molar-refractivity contribution in [2.24, 2.45) is 0 Å². The number of aliphatic hydroxyl groups excluding tert-OH is 1. The van der Waals surface area contributed by atoms with Crippen molar-refractivity contribution in [3.8, 4) is 17.2 Å². The van der Waals surface area contributed by atoms with Gasteiger partial charge >= 0.3 is 0 Å². The van der Waals surface area contributed by atoms with Crippen LogP contribution in [0.15, 0.2) is 18.2 Å². The largest absolute Gasteiger partial charge is 0.507 e. The summed E-state index contributed by atoms with van der Waals surface area (Å²) < 4.78 is 34.0. The standard InChI is InChI=1S/C29H34O12/c1-11-24(37-4)23(34)26(38-5)28(40-11)41-25-17-12(10-29(2,35)27(25)39-6)7-14-19(21(17)32)22(33)18-15(20(14)31)8-13(36-3)9-16(18)30/h7-9,11,23-28,30,32,34-35H,10H2,1-6H3/t11-,23+,24-,25?,26+,27?,28-,29?/m0/s1. The summed E-state index contributed by atoms with van der Waals surface area (Å²) in [5, 5.41) is 44.6. The second-order valence-corrected chi connectivity index (χ2v) is 10.8. The van der Waals surface area contributed by atoms with Gasteiger partial charge in [-0.3, -0.25) is 9.59 Å². The zero-order valence-corrected chi connectivity index (χ0v) is 23.5. The van der Waals surface area contributed by atoms with E-state index in [1.54, 1.807) is 6.92 Å². The highest BCUT2D eigenvalue weighted by Gasteiger charge is 2.52. The maximum Gasteiger partial charge on any atom is 0.201 e. The number of benzene rings is 2. The average molecular weight is 575 g/mol. The van der Waals surface area contributed by atoms with Gasteiger partial charge in [0.1, 0.15) is 47.8 Å². The van der Waals surface area contributed by atoms with Crippen LogP contribution in [-0.4, -0.2) is 103 Å². The number of ether oxygens (including phenoxy) is 6. The van der Waals surface area contributed by atoms with Gasteiger partial charge in [0.15, 0.2) is 12.1 Å². The Morgan fingerprint density at radius 2 is 1.59 bits per heavy atom. The van der Waals surface area contributed by atoms with E-state index in [9.17, 15) is 30.0 Å². The summed E-state index contributed by atoms with van der Waals surface area (Å²) in [7, 11) is 5.52. The first-order chi connectivity index (χ1) is 19.4. The number of fused-ring (bicyclic) bond motifs is 3. The molecule has 12 nitrogen and oxygen atoms in total. The Labute approximate surface area is 236 Å². The first kappa shape index (κ1) is 29.4. The summed E-state index contributed by atoms with van der Waals surface area (Å²) in [5.74, 6) is -2.21. The summed E-state index contributed by atoms with van der Waals surface area (Å²) in [4.78, 5) is 27.3. The zero-order chi connectivity index (χ0) is 30.0. The van der Waals surface area contributed by atoms with Gasteiger partial charge in [-0.2, -0.15) is 0 Å². The molecule has 5 rings (SSSR count). The molecule has 0 aromatic heterocycles. The normalized spacial score (nSPS) is 32.7. The van der Waals surface area contributed by atoms with Crippen molar-refractivity contribution >= 4 is 11.6 Å². The van der Waals surface area contributed by atoms with Gasteiger partial charge in [0.05, 0.1) is 29.9 Å². The predicted octanol–water partition coefficient (Wildman–Crippen LogP) is 1.40. The molecule has 222 valence electrons. The predicted molar refractivity (Wildman–Crippen MR) is 141 cm³/mol. The minimum Gasteiger partial charge on any atom is -0.507 e. The Balaban J connectivity index is 1.65. The molecule has 41 heavy (non-hydrogen) atoms. The number of aliphatic hydroxyl groups is 2. The molecular weight excluding hydrogens is 540 g/mol. The Morgan fingerprint density at radius 1 is 0.927 bits per heavy atom. The highest BCUT2D eigenvalue weighted by atomic mass is 16.7. The molecule has 0 spiro atoms. The first-order valence-electron chi connectivity index (χ1n) is 13.1. The van der Waals surface area contributed by atoms with E-state index in [-0.39, 0.29) is 40.0 Å². The lowest BCUT2D eigenvalue weighted by atomic mass is 9.73. The number of aromatic hydroxyl groups is 2. The van der Waals surface area contributed by atoms with Crippen LogP contribution in [-0.2, 0) is 30.1 Å². The molecular formula is C29H34O12. The maximum atomic E-state index is 13.7. The van der Waals surface area contributed by atoms with Gasteiger partial charge in [-0.15, -0.1) is 0 Å². The molecule has 3 aliphatic rings. The third-order valence-corrected chi connectivity index (χ3v) is 8.25. The van der Waals surface area contributed by atoms with E-state index in [1.165, 1.54) is 53.6 Å². The quantitative estimate of drug-likeness (QED) is 0.334. The molecule has 4 N–H and O–H groups in total. The van der Waals surface area contributed by atoms with E-state index >= 15 is 0 Å². The molecule has 1 fully saturated rings. The minimum absolute atomic E-state index is 0.0523. The van der Waals surface area contributed by atoms with Crippen LogP contribution in [0.3, 0.4) is 0 Å². The number of phenolic OH excluding ortho intramolecular Hbond substituents is 2. The van der Waals surface area contributed by atoms with Crippen molar-refractivity contribution in [1.29, 1.82) is 0 Å². The highest BCUT2D eigenvalue weighted by molar-refractivity contribution is 6.30. The van der Waals surface area contributed by atoms with Crippen molar-refractivity contribution in [2.45, 2.75) is 68.8 Å². The lowest BCUT2D eigenvalue weighted by Crippen LogP contribution is -2.60. The number of carbonyl (C=O) groups excluding carboxylic acids is 2. The van der Waals surface area contributed by atoms with Crippen LogP contribution in [0.1, 0.15) is 62.9 Å². The van der Waals surface area contributed by atoms with E-state index in [0.29, 0.717) is 5.56 Å². The van der Waals surface area contributed by atoms with Gasteiger partial charge in [0, 0.05) is 50.5 Å². The molecule has 2 aliphatic carbocycles. The number of methoxy groups -OCH3 is 4. The summed E-state index contributed by atoms with van der Waals surface area (Å²) in [5.41, 5.74) is -1.84. The number of phenols is 2. The number of rotatable bonds is 6. The third-order valence-electron chi connectivity index (χ3n) is 8.25. The summed E-state index contributed by atoms with van der Waals surface area (Å²) in [6.07, 6.45) is -7.07.